The van der Waals surface area contributed by atoms with E-state index in [1.807, 2.05) is 36.4 Å². The number of carboxylic acids is 1. The summed E-state index contributed by atoms with van der Waals surface area (Å²) in [7, 11) is 0. The molecule has 25 heavy (non-hydrogen) atoms. The zero-order valence-electron chi connectivity index (χ0n) is 13.9. The Hall–Kier alpha value is -2.18. The van der Waals surface area contributed by atoms with Crippen LogP contribution in [0.15, 0.2) is 47.6 Å². The number of benzene rings is 1. The molecule has 2 aliphatic carbocycles. The molecule has 2 saturated carbocycles. The zero-order chi connectivity index (χ0) is 17.8. The second-order valence-electron chi connectivity index (χ2n) is 6.76. The van der Waals surface area contributed by atoms with Gasteiger partial charge in [0.05, 0.1) is 17.9 Å². The highest BCUT2D eigenvalue weighted by atomic mass is 16.6. The van der Waals surface area contributed by atoms with Crippen LogP contribution in [0.4, 0.5) is 0 Å². The van der Waals surface area contributed by atoms with Gasteiger partial charge in [-0.1, -0.05) is 47.6 Å². The van der Waals surface area contributed by atoms with Crippen LogP contribution in [0.2, 0.25) is 0 Å². The fraction of sp³-hybridized carbons (Fsp3) is 0.474. The average molecular weight is 345 g/mol. The van der Waals surface area contributed by atoms with Crippen molar-refractivity contribution in [1.29, 1.82) is 0 Å². The maximum Gasteiger partial charge on any atom is 0.344 e. The van der Waals surface area contributed by atoms with Crippen molar-refractivity contribution in [3.8, 4) is 0 Å². The first kappa shape index (κ1) is 17.6. The molecule has 2 aliphatic rings. The lowest BCUT2D eigenvalue weighted by Crippen LogP contribution is -2.38. The number of oxime groups is 1. The molecule has 3 unspecified atom stereocenters. The van der Waals surface area contributed by atoms with Crippen LogP contribution in [-0.4, -0.2) is 45.8 Å². The van der Waals surface area contributed by atoms with E-state index in [9.17, 15) is 15.0 Å². The second kappa shape index (κ2) is 7.80. The average Bonchev–Trinajstić information content (AvgIpc) is 2.81. The van der Waals surface area contributed by atoms with Crippen molar-refractivity contribution in [3.63, 3.8) is 0 Å². The molecule has 0 amide bonds. The van der Waals surface area contributed by atoms with E-state index in [-0.39, 0.29) is 17.8 Å². The van der Waals surface area contributed by atoms with E-state index in [1.54, 1.807) is 6.08 Å². The molecule has 134 valence electrons. The summed E-state index contributed by atoms with van der Waals surface area (Å²) in [6, 6.07) is 9.77. The predicted molar refractivity (Wildman–Crippen MR) is 92.0 cm³/mol. The Morgan fingerprint density at radius 2 is 2.12 bits per heavy atom. The van der Waals surface area contributed by atoms with Crippen LogP contribution in [0, 0.1) is 17.8 Å². The van der Waals surface area contributed by atoms with Gasteiger partial charge in [-0.2, -0.15) is 0 Å². The van der Waals surface area contributed by atoms with Crippen molar-refractivity contribution >= 4 is 11.7 Å². The summed E-state index contributed by atoms with van der Waals surface area (Å²) in [5.74, 6) is -0.787. The van der Waals surface area contributed by atoms with Gasteiger partial charge < -0.3 is 20.2 Å². The van der Waals surface area contributed by atoms with Gasteiger partial charge >= 0.3 is 5.97 Å². The molecule has 0 heterocycles. The van der Waals surface area contributed by atoms with Crippen molar-refractivity contribution in [2.24, 2.45) is 22.9 Å². The largest absolute Gasteiger partial charge is 0.479 e. The fourth-order valence-corrected chi connectivity index (χ4v) is 3.70. The van der Waals surface area contributed by atoms with Crippen molar-refractivity contribution < 1.29 is 25.0 Å². The second-order valence-corrected chi connectivity index (χ2v) is 6.76. The fourth-order valence-electron chi connectivity index (χ4n) is 3.70. The van der Waals surface area contributed by atoms with Crippen molar-refractivity contribution in [2.75, 3.05) is 6.61 Å². The smallest absolute Gasteiger partial charge is 0.344 e. The van der Waals surface area contributed by atoms with Crippen LogP contribution in [0.5, 0.6) is 0 Å². The van der Waals surface area contributed by atoms with Gasteiger partial charge in [-0.15, -0.1) is 0 Å². The maximum atomic E-state index is 10.4. The molecule has 0 saturated heterocycles. The van der Waals surface area contributed by atoms with E-state index in [0.29, 0.717) is 12.8 Å². The molecule has 0 bridgehead atoms. The lowest BCUT2D eigenvalue weighted by molar-refractivity contribution is -0.142. The summed E-state index contributed by atoms with van der Waals surface area (Å²) in [6.45, 7) is -0.446. The first-order valence-corrected chi connectivity index (χ1v) is 8.53. The minimum absolute atomic E-state index is 0.0207. The maximum absolute atomic E-state index is 10.4. The Balaban J connectivity index is 1.51. The molecular weight excluding hydrogens is 322 g/mol. The molecule has 6 heteroatoms. The van der Waals surface area contributed by atoms with Crippen LogP contribution in [0.1, 0.15) is 18.4 Å². The minimum atomic E-state index is -1.06. The number of carbonyl (C=O) groups is 1. The van der Waals surface area contributed by atoms with Crippen LogP contribution < -0.4 is 0 Å². The third-order valence-electron chi connectivity index (χ3n) is 5.03. The summed E-state index contributed by atoms with van der Waals surface area (Å²) >= 11 is 0. The number of aliphatic hydroxyl groups is 2. The molecular formula is C19H23NO5. The van der Waals surface area contributed by atoms with Crippen molar-refractivity contribution in [3.05, 3.63) is 48.0 Å². The Morgan fingerprint density at radius 3 is 2.84 bits per heavy atom. The summed E-state index contributed by atoms with van der Waals surface area (Å²) in [4.78, 5) is 15.2. The van der Waals surface area contributed by atoms with Crippen LogP contribution in [-0.2, 0) is 16.1 Å². The van der Waals surface area contributed by atoms with Gasteiger partial charge in [-0.05, 0) is 24.3 Å². The Bertz CT molecular complexity index is 657. The van der Waals surface area contributed by atoms with Gasteiger partial charge in [0.2, 0.25) is 6.61 Å². The van der Waals surface area contributed by atoms with Crippen LogP contribution in [0.25, 0.3) is 0 Å². The van der Waals surface area contributed by atoms with E-state index in [1.165, 1.54) is 0 Å². The standard InChI is InChI=1S/C19H23NO5/c21-14(8-12-4-2-1-3-5-12)7-6-13-9-15-16(19(13)24)10-17(15)20-25-11-18(22)23/h1-7,13-16,19,21,24H,8-11H2,(H,22,23)/t13?,14?,15-,16+,19?/m0/s1. The molecule has 2 fully saturated rings. The molecule has 0 spiro atoms. The van der Waals surface area contributed by atoms with E-state index >= 15 is 0 Å². The lowest BCUT2D eigenvalue weighted by atomic mass is 9.73. The normalized spacial score (nSPS) is 30.9. The molecule has 3 rings (SSSR count). The molecule has 0 radical (unpaired) electrons. The van der Waals surface area contributed by atoms with Crippen LogP contribution in [0.3, 0.4) is 0 Å². The van der Waals surface area contributed by atoms with E-state index in [0.717, 1.165) is 17.7 Å². The van der Waals surface area contributed by atoms with E-state index in [4.69, 9.17) is 9.94 Å². The number of aliphatic hydroxyl groups excluding tert-OH is 2. The van der Waals surface area contributed by atoms with Gasteiger partial charge in [0, 0.05) is 18.3 Å². The number of carboxylic acid groups (broad SMARTS) is 1. The lowest BCUT2D eigenvalue weighted by Gasteiger charge is -2.33. The third kappa shape index (κ3) is 4.27. The highest BCUT2D eigenvalue weighted by Gasteiger charge is 2.51. The van der Waals surface area contributed by atoms with Gasteiger partial charge in [0.25, 0.3) is 0 Å². The zero-order valence-corrected chi connectivity index (χ0v) is 13.9. The highest BCUT2D eigenvalue weighted by molar-refractivity contribution is 5.93. The number of rotatable bonds is 7. The Kier molecular flexibility index (Phi) is 5.50. The van der Waals surface area contributed by atoms with E-state index < -0.39 is 24.8 Å². The van der Waals surface area contributed by atoms with E-state index in [2.05, 4.69) is 5.16 Å². The van der Waals surface area contributed by atoms with Gasteiger partial charge in [0.15, 0.2) is 0 Å². The molecule has 5 atom stereocenters. The van der Waals surface area contributed by atoms with Crippen LogP contribution >= 0.6 is 0 Å². The highest BCUT2D eigenvalue weighted by Crippen LogP contribution is 2.48. The summed E-state index contributed by atoms with van der Waals surface area (Å²) in [5.41, 5.74) is 1.89. The number of aliphatic carboxylic acids is 1. The predicted octanol–water partition coefficient (Wildman–Crippen LogP) is 1.62. The number of nitrogens with zero attached hydrogens (tertiary/aromatic N) is 1. The molecule has 3 N–H and O–H groups in total. The van der Waals surface area contributed by atoms with Gasteiger partial charge in [-0.3, -0.25) is 0 Å². The monoisotopic (exact) mass is 345 g/mol. The minimum Gasteiger partial charge on any atom is -0.479 e. The van der Waals surface area contributed by atoms with Crippen molar-refractivity contribution in [2.45, 2.75) is 31.5 Å². The quantitative estimate of drug-likeness (QED) is 0.515. The molecule has 0 aromatic heterocycles. The Morgan fingerprint density at radius 1 is 1.36 bits per heavy atom. The molecule has 6 nitrogen and oxygen atoms in total. The number of hydrogen-bond acceptors (Lipinski definition) is 5. The number of fused-ring (bicyclic) bond motifs is 1. The van der Waals surface area contributed by atoms with Crippen molar-refractivity contribution in [1.82, 2.24) is 0 Å². The molecule has 1 aromatic carbocycles. The van der Waals surface area contributed by atoms with Gasteiger partial charge in [0.1, 0.15) is 0 Å². The molecule has 1 aromatic rings. The SMILES string of the molecule is O=C(O)CON=C1C[C@H]2C(O)C(C=CC(O)Cc3ccccc3)C[C@H]12. The number of hydrogen-bond donors (Lipinski definition) is 3. The molecule has 0 aliphatic heterocycles. The first-order chi connectivity index (χ1) is 12.0. The third-order valence-corrected chi connectivity index (χ3v) is 5.03. The Labute approximate surface area is 146 Å². The summed E-state index contributed by atoms with van der Waals surface area (Å²) in [5, 5.41) is 33.0. The van der Waals surface area contributed by atoms with Gasteiger partial charge in [-0.25, -0.2) is 4.79 Å². The summed E-state index contributed by atoms with van der Waals surface area (Å²) in [6.07, 6.45) is 4.54. The first-order valence-electron chi connectivity index (χ1n) is 8.53. The summed E-state index contributed by atoms with van der Waals surface area (Å²) < 4.78 is 0. The topological polar surface area (TPSA) is 99.4 Å².